The topological polar surface area (TPSA) is 52.6 Å². The fraction of sp³-hybridized carbons (Fsp3) is 0.923. The van der Waals surface area contributed by atoms with E-state index in [2.05, 4.69) is 17.3 Å². The van der Waals surface area contributed by atoms with Gasteiger partial charge in [-0.05, 0) is 57.5 Å². The van der Waals surface area contributed by atoms with Crippen molar-refractivity contribution in [3.8, 4) is 0 Å². The maximum atomic E-state index is 11.9. The molecule has 1 amide bonds. The van der Waals surface area contributed by atoms with Crippen molar-refractivity contribution in [2.24, 2.45) is 5.92 Å². The maximum Gasteiger partial charge on any atom is 0.252 e. The van der Waals surface area contributed by atoms with Crippen LogP contribution in [0.1, 0.15) is 25.7 Å². The van der Waals surface area contributed by atoms with Crippen molar-refractivity contribution >= 4 is 17.7 Å². The molecule has 2 heterocycles. The third kappa shape index (κ3) is 3.62. The fourth-order valence-electron chi connectivity index (χ4n) is 2.64. The third-order valence-corrected chi connectivity index (χ3v) is 5.27. The molecule has 2 fully saturated rings. The standard InChI is InChI=1S/C13H24N2O2S/c1-15-7-3-11(4-8-15)2-6-14-12(16)13(17)5-9-18-10-13/h11,17H,2-10H2,1H3,(H,14,16). The van der Waals surface area contributed by atoms with Crippen LogP contribution in [0, 0.1) is 5.92 Å². The Kier molecular flexibility index (Phi) is 4.92. The Morgan fingerprint density at radius 1 is 1.50 bits per heavy atom. The van der Waals surface area contributed by atoms with Crippen LogP contribution in [-0.2, 0) is 4.79 Å². The van der Waals surface area contributed by atoms with Gasteiger partial charge in [-0.25, -0.2) is 0 Å². The Morgan fingerprint density at radius 3 is 2.83 bits per heavy atom. The van der Waals surface area contributed by atoms with Gasteiger partial charge in [0.1, 0.15) is 0 Å². The molecule has 2 aliphatic rings. The van der Waals surface area contributed by atoms with E-state index < -0.39 is 5.60 Å². The van der Waals surface area contributed by atoms with Crippen LogP contribution in [0.5, 0.6) is 0 Å². The summed E-state index contributed by atoms with van der Waals surface area (Å²) in [6, 6.07) is 0. The minimum Gasteiger partial charge on any atom is -0.379 e. The Labute approximate surface area is 113 Å². The first kappa shape index (κ1) is 14.2. The number of piperidine rings is 1. The summed E-state index contributed by atoms with van der Waals surface area (Å²) < 4.78 is 0. The summed E-state index contributed by atoms with van der Waals surface area (Å²) in [6.45, 7) is 3.04. The first-order valence-corrected chi connectivity index (χ1v) is 8.02. The van der Waals surface area contributed by atoms with Gasteiger partial charge < -0.3 is 15.3 Å². The summed E-state index contributed by atoms with van der Waals surface area (Å²) in [5.41, 5.74) is -1.10. The number of nitrogens with zero attached hydrogens (tertiary/aromatic N) is 1. The SMILES string of the molecule is CN1CCC(CCNC(=O)C2(O)CCSC2)CC1. The van der Waals surface area contributed by atoms with Crippen LogP contribution in [0.25, 0.3) is 0 Å². The van der Waals surface area contributed by atoms with Crippen molar-refractivity contribution in [1.82, 2.24) is 10.2 Å². The summed E-state index contributed by atoms with van der Waals surface area (Å²) in [5.74, 6) is 2.00. The smallest absolute Gasteiger partial charge is 0.252 e. The molecule has 0 aromatic heterocycles. The number of nitrogens with one attached hydrogen (secondary N) is 1. The van der Waals surface area contributed by atoms with Crippen LogP contribution in [0.3, 0.4) is 0 Å². The number of likely N-dealkylation sites (tertiary alicyclic amines) is 1. The Hall–Kier alpha value is -0.260. The zero-order valence-corrected chi connectivity index (χ0v) is 12.0. The zero-order valence-electron chi connectivity index (χ0n) is 11.2. The fourth-order valence-corrected chi connectivity index (χ4v) is 3.88. The second-order valence-electron chi connectivity index (χ2n) is 5.63. The van der Waals surface area contributed by atoms with Crippen molar-refractivity contribution in [2.45, 2.75) is 31.3 Å². The van der Waals surface area contributed by atoms with Gasteiger partial charge in [-0.3, -0.25) is 4.79 Å². The molecule has 2 rings (SSSR count). The highest BCUT2D eigenvalue weighted by Crippen LogP contribution is 2.28. The van der Waals surface area contributed by atoms with Crippen LogP contribution in [-0.4, -0.2) is 59.7 Å². The molecule has 0 bridgehead atoms. The van der Waals surface area contributed by atoms with Gasteiger partial charge >= 0.3 is 0 Å². The number of rotatable bonds is 4. The summed E-state index contributed by atoms with van der Waals surface area (Å²) in [5, 5.41) is 13.0. The highest BCUT2D eigenvalue weighted by Gasteiger charge is 2.39. The monoisotopic (exact) mass is 272 g/mol. The highest BCUT2D eigenvalue weighted by molar-refractivity contribution is 7.99. The number of hydrogen-bond donors (Lipinski definition) is 2. The van der Waals surface area contributed by atoms with Crippen molar-refractivity contribution in [1.29, 1.82) is 0 Å². The van der Waals surface area contributed by atoms with E-state index in [0.29, 0.717) is 18.7 Å². The van der Waals surface area contributed by atoms with Crippen LogP contribution >= 0.6 is 11.8 Å². The normalized spacial score (nSPS) is 30.6. The Bertz CT molecular complexity index is 285. The largest absolute Gasteiger partial charge is 0.379 e. The first-order valence-electron chi connectivity index (χ1n) is 6.87. The van der Waals surface area contributed by atoms with Crippen molar-refractivity contribution in [3.05, 3.63) is 0 Å². The predicted octanol–water partition coefficient (Wildman–Crippen LogP) is 0.702. The van der Waals surface area contributed by atoms with Gasteiger partial charge in [-0.2, -0.15) is 11.8 Å². The quantitative estimate of drug-likeness (QED) is 0.791. The van der Waals surface area contributed by atoms with Gasteiger partial charge in [0.15, 0.2) is 5.60 Å². The molecule has 4 nitrogen and oxygen atoms in total. The number of amides is 1. The number of carbonyl (C=O) groups is 1. The van der Waals surface area contributed by atoms with E-state index in [-0.39, 0.29) is 5.91 Å². The van der Waals surface area contributed by atoms with E-state index in [1.807, 2.05) is 0 Å². The van der Waals surface area contributed by atoms with Crippen LogP contribution in [0.15, 0.2) is 0 Å². The van der Waals surface area contributed by atoms with Gasteiger partial charge in [0.05, 0.1) is 0 Å². The predicted molar refractivity (Wildman–Crippen MR) is 74.7 cm³/mol. The minimum atomic E-state index is -1.10. The molecule has 1 atom stereocenters. The number of thioether (sulfide) groups is 1. The molecule has 2 aliphatic heterocycles. The van der Waals surface area contributed by atoms with E-state index in [1.165, 1.54) is 25.9 Å². The Morgan fingerprint density at radius 2 is 2.22 bits per heavy atom. The summed E-state index contributed by atoms with van der Waals surface area (Å²) >= 11 is 1.65. The van der Waals surface area contributed by atoms with E-state index in [0.717, 1.165) is 18.1 Å². The molecule has 104 valence electrons. The first-order chi connectivity index (χ1) is 8.60. The molecule has 0 radical (unpaired) electrons. The molecular weight excluding hydrogens is 248 g/mol. The molecule has 2 N–H and O–H groups in total. The van der Waals surface area contributed by atoms with E-state index >= 15 is 0 Å². The van der Waals surface area contributed by atoms with E-state index in [9.17, 15) is 9.90 Å². The molecule has 0 saturated carbocycles. The number of hydrogen-bond acceptors (Lipinski definition) is 4. The van der Waals surface area contributed by atoms with Crippen molar-refractivity contribution in [3.63, 3.8) is 0 Å². The number of aliphatic hydroxyl groups is 1. The lowest BCUT2D eigenvalue weighted by Gasteiger charge is -2.29. The van der Waals surface area contributed by atoms with Crippen molar-refractivity contribution in [2.75, 3.05) is 38.2 Å². The van der Waals surface area contributed by atoms with Crippen LogP contribution in [0.2, 0.25) is 0 Å². The van der Waals surface area contributed by atoms with Gasteiger partial charge in [-0.1, -0.05) is 0 Å². The molecule has 18 heavy (non-hydrogen) atoms. The van der Waals surface area contributed by atoms with Gasteiger partial charge in [0.2, 0.25) is 0 Å². The van der Waals surface area contributed by atoms with Gasteiger partial charge in [0.25, 0.3) is 5.91 Å². The van der Waals surface area contributed by atoms with E-state index in [1.54, 1.807) is 11.8 Å². The molecule has 2 saturated heterocycles. The lowest BCUT2D eigenvalue weighted by Crippen LogP contribution is -2.47. The number of carbonyl (C=O) groups excluding carboxylic acids is 1. The molecular formula is C13H24N2O2S. The molecule has 1 unspecified atom stereocenters. The summed E-state index contributed by atoms with van der Waals surface area (Å²) in [4.78, 5) is 14.2. The lowest BCUT2D eigenvalue weighted by atomic mass is 9.93. The highest BCUT2D eigenvalue weighted by atomic mass is 32.2. The maximum absolute atomic E-state index is 11.9. The summed E-state index contributed by atoms with van der Waals surface area (Å²) in [6.07, 6.45) is 4.10. The van der Waals surface area contributed by atoms with Crippen LogP contribution in [0.4, 0.5) is 0 Å². The molecule has 0 aromatic rings. The second kappa shape index (κ2) is 6.26. The average molecular weight is 272 g/mol. The van der Waals surface area contributed by atoms with Gasteiger partial charge in [0, 0.05) is 12.3 Å². The molecule has 0 aromatic carbocycles. The molecule has 0 spiro atoms. The van der Waals surface area contributed by atoms with Crippen LogP contribution < -0.4 is 5.32 Å². The van der Waals surface area contributed by atoms with E-state index in [4.69, 9.17) is 0 Å². The summed E-state index contributed by atoms with van der Waals surface area (Å²) in [7, 11) is 2.16. The Balaban J connectivity index is 1.64. The van der Waals surface area contributed by atoms with Crippen molar-refractivity contribution < 1.29 is 9.90 Å². The molecule has 0 aliphatic carbocycles. The third-order valence-electron chi connectivity index (χ3n) is 4.10. The zero-order chi connectivity index (χ0) is 13.0. The lowest BCUT2D eigenvalue weighted by molar-refractivity contribution is -0.137. The average Bonchev–Trinajstić information content (AvgIpc) is 2.80. The van der Waals surface area contributed by atoms with Gasteiger partial charge in [-0.15, -0.1) is 0 Å². The second-order valence-corrected chi connectivity index (χ2v) is 6.73. The minimum absolute atomic E-state index is 0.166. The molecule has 5 heteroatoms.